The number of para-hydroxylation sites is 1. The van der Waals surface area contributed by atoms with Crippen LogP contribution in [0.5, 0.6) is 0 Å². The molecule has 0 atom stereocenters. The van der Waals surface area contributed by atoms with Crippen molar-refractivity contribution in [3.8, 4) is 22.3 Å². The molecule has 0 bridgehead atoms. The maximum absolute atomic E-state index is 5.09. The summed E-state index contributed by atoms with van der Waals surface area (Å²) in [4.78, 5) is 5.09. The zero-order valence-electron chi connectivity index (χ0n) is 14.5. The summed E-state index contributed by atoms with van der Waals surface area (Å²) >= 11 is 0. The van der Waals surface area contributed by atoms with Crippen LogP contribution in [0.4, 0.5) is 5.69 Å². The number of hydrogen-bond acceptors (Lipinski definition) is 1. The molecular weight excluding hydrogens is 506 g/mol. The zero-order chi connectivity index (χ0) is 17.3. The van der Waals surface area contributed by atoms with E-state index in [1.165, 1.54) is 16.7 Å². The van der Waals surface area contributed by atoms with E-state index in [2.05, 4.69) is 78.9 Å². The molecule has 4 aromatic carbocycles. The average molecular weight is 523 g/mol. The maximum Gasteiger partial charge on any atom is 0.0602 e. The van der Waals surface area contributed by atoms with Crippen LogP contribution >= 0.6 is 0 Å². The van der Waals surface area contributed by atoms with Crippen LogP contribution in [0.15, 0.2) is 102 Å². The minimum atomic E-state index is 0. The summed E-state index contributed by atoms with van der Waals surface area (Å²) in [5.74, 6) is 0. The number of rotatable bonds is 1. The van der Waals surface area contributed by atoms with Crippen molar-refractivity contribution in [1.82, 2.24) is 0 Å². The second-order valence-electron chi connectivity index (χ2n) is 6.34. The zero-order valence-corrected chi connectivity index (χ0v) is 16.9. The molecule has 1 radical (unpaired) electrons. The second-order valence-corrected chi connectivity index (χ2v) is 6.34. The molecular formula is C25H16IrN-. The Kier molecular flexibility index (Phi) is 4.85. The van der Waals surface area contributed by atoms with Crippen LogP contribution in [0.2, 0.25) is 0 Å². The Balaban J connectivity index is 0.00000180. The Morgan fingerprint density at radius 2 is 1.04 bits per heavy atom. The molecule has 1 aliphatic heterocycles. The van der Waals surface area contributed by atoms with E-state index in [1.54, 1.807) is 0 Å². The second kappa shape index (κ2) is 7.44. The van der Waals surface area contributed by atoms with Gasteiger partial charge in [0.05, 0.1) is 5.69 Å². The van der Waals surface area contributed by atoms with Crippen LogP contribution in [0, 0.1) is 6.07 Å². The SMILES string of the molecule is [Ir].[c-]1ccccc1C1=Nc2ccccc2-c2ccccc2-c2ccccc21. The quantitative estimate of drug-likeness (QED) is 0.229. The van der Waals surface area contributed by atoms with E-state index in [0.29, 0.717) is 0 Å². The van der Waals surface area contributed by atoms with Crippen molar-refractivity contribution in [3.05, 3.63) is 114 Å². The predicted octanol–water partition coefficient (Wildman–Crippen LogP) is 6.30. The summed E-state index contributed by atoms with van der Waals surface area (Å²) in [5.41, 5.74) is 8.91. The smallest absolute Gasteiger partial charge is 0.0602 e. The normalized spacial score (nSPS) is 11.6. The summed E-state index contributed by atoms with van der Waals surface area (Å²) in [5, 5.41) is 0. The van der Waals surface area contributed by atoms with Crippen molar-refractivity contribution in [2.24, 2.45) is 4.99 Å². The first-order valence-corrected chi connectivity index (χ1v) is 8.76. The average Bonchev–Trinajstić information content (AvgIpc) is 2.72. The monoisotopic (exact) mass is 523 g/mol. The van der Waals surface area contributed by atoms with Crippen LogP contribution < -0.4 is 0 Å². The number of hydrogen-bond donors (Lipinski definition) is 0. The molecule has 0 aliphatic carbocycles. The Hall–Kier alpha value is -2.80. The van der Waals surface area contributed by atoms with E-state index in [1.807, 2.05) is 24.3 Å². The van der Waals surface area contributed by atoms with Gasteiger partial charge >= 0.3 is 0 Å². The molecule has 0 N–H and O–H groups in total. The molecule has 5 rings (SSSR count). The van der Waals surface area contributed by atoms with Gasteiger partial charge in [0.15, 0.2) is 0 Å². The van der Waals surface area contributed by atoms with Gasteiger partial charge in [-0.2, -0.15) is 0 Å². The van der Waals surface area contributed by atoms with Crippen LogP contribution in [0.1, 0.15) is 11.1 Å². The van der Waals surface area contributed by atoms with Gasteiger partial charge in [-0.15, -0.1) is 35.9 Å². The molecule has 1 nitrogen and oxygen atoms in total. The third kappa shape index (κ3) is 3.08. The number of benzene rings is 4. The van der Waals surface area contributed by atoms with Crippen molar-refractivity contribution in [2.45, 2.75) is 0 Å². The third-order valence-corrected chi connectivity index (χ3v) is 4.79. The molecule has 0 spiro atoms. The Morgan fingerprint density at radius 1 is 0.519 bits per heavy atom. The molecule has 2 heteroatoms. The fourth-order valence-electron chi connectivity index (χ4n) is 3.60. The van der Waals surface area contributed by atoms with E-state index < -0.39 is 0 Å². The minimum absolute atomic E-state index is 0. The van der Waals surface area contributed by atoms with E-state index in [4.69, 9.17) is 4.99 Å². The Bertz CT molecular complexity index is 1130. The molecule has 4 aromatic rings. The molecule has 1 heterocycles. The van der Waals surface area contributed by atoms with Crippen molar-refractivity contribution >= 4 is 11.4 Å². The number of fused-ring (bicyclic) bond motifs is 5. The predicted molar refractivity (Wildman–Crippen MR) is 108 cm³/mol. The van der Waals surface area contributed by atoms with Gasteiger partial charge < -0.3 is 0 Å². The standard InChI is InChI=1S/C25H16N.Ir/c1-2-10-18(11-3-1)25-23-16-7-6-14-21(23)19-12-4-5-13-20(19)22-15-8-9-17-24(22)26-25;/h1-10,12-17H;/q-1;. The van der Waals surface area contributed by atoms with Gasteiger partial charge in [0, 0.05) is 25.7 Å². The van der Waals surface area contributed by atoms with Crippen molar-refractivity contribution in [1.29, 1.82) is 0 Å². The first kappa shape index (κ1) is 17.6. The van der Waals surface area contributed by atoms with Gasteiger partial charge in [-0.25, -0.2) is 0 Å². The molecule has 1 aliphatic rings. The van der Waals surface area contributed by atoms with Gasteiger partial charge in [0.2, 0.25) is 0 Å². The van der Waals surface area contributed by atoms with Crippen LogP contribution in [-0.2, 0) is 20.1 Å². The molecule has 0 fully saturated rings. The largest absolute Gasteiger partial charge is 0.296 e. The third-order valence-electron chi connectivity index (χ3n) is 4.79. The summed E-state index contributed by atoms with van der Waals surface area (Å²) < 4.78 is 0. The summed E-state index contributed by atoms with van der Waals surface area (Å²) in [6.45, 7) is 0. The van der Waals surface area contributed by atoms with E-state index in [9.17, 15) is 0 Å². The molecule has 0 amide bonds. The topological polar surface area (TPSA) is 12.4 Å². The minimum Gasteiger partial charge on any atom is -0.296 e. The first-order valence-electron chi connectivity index (χ1n) is 8.76. The first-order chi connectivity index (χ1) is 12.9. The van der Waals surface area contributed by atoms with Gasteiger partial charge in [0.1, 0.15) is 0 Å². The maximum atomic E-state index is 5.09. The van der Waals surface area contributed by atoms with Gasteiger partial charge in [-0.05, 0) is 34.0 Å². The molecule has 0 unspecified atom stereocenters. The molecule has 0 saturated carbocycles. The van der Waals surface area contributed by atoms with Crippen molar-refractivity contribution in [2.75, 3.05) is 0 Å². The molecule has 0 aromatic heterocycles. The molecule has 131 valence electrons. The van der Waals surface area contributed by atoms with E-state index >= 15 is 0 Å². The Morgan fingerprint density at radius 3 is 1.70 bits per heavy atom. The molecule has 0 saturated heterocycles. The van der Waals surface area contributed by atoms with Crippen LogP contribution in [-0.4, -0.2) is 5.71 Å². The van der Waals surface area contributed by atoms with Crippen molar-refractivity contribution in [3.63, 3.8) is 0 Å². The molecule has 27 heavy (non-hydrogen) atoms. The number of aliphatic imine (C=N–C) groups is 1. The summed E-state index contributed by atoms with van der Waals surface area (Å²) in [6, 6.07) is 36.8. The van der Waals surface area contributed by atoms with Gasteiger partial charge in [-0.3, -0.25) is 4.99 Å². The number of nitrogens with zero attached hydrogens (tertiary/aromatic N) is 1. The van der Waals surface area contributed by atoms with Gasteiger partial charge in [0.25, 0.3) is 0 Å². The van der Waals surface area contributed by atoms with Crippen molar-refractivity contribution < 1.29 is 20.1 Å². The summed E-state index contributed by atoms with van der Waals surface area (Å²) in [7, 11) is 0. The fraction of sp³-hybridized carbons (Fsp3) is 0. The van der Waals surface area contributed by atoms with Crippen LogP contribution in [0.3, 0.4) is 0 Å². The van der Waals surface area contributed by atoms with E-state index in [-0.39, 0.29) is 20.1 Å². The van der Waals surface area contributed by atoms with Gasteiger partial charge in [-0.1, -0.05) is 66.7 Å². The van der Waals surface area contributed by atoms with Crippen LogP contribution in [0.25, 0.3) is 22.3 Å². The summed E-state index contributed by atoms with van der Waals surface area (Å²) in [6.07, 6.45) is 0. The van der Waals surface area contributed by atoms with E-state index in [0.717, 1.165) is 28.1 Å². The Labute approximate surface area is 172 Å². The fourth-order valence-corrected chi connectivity index (χ4v) is 3.60.